The molecule has 0 bridgehead atoms. The van der Waals surface area contributed by atoms with Crippen LogP contribution in [0.1, 0.15) is 19.8 Å². The molecule has 68 valence electrons. The molecule has 6 heteroatoms. The molecule has 0 aromatic rings. The summed E-state index contributed by atoms with van der Waals surface area (Å²) in [7, 11) is -4.18. The minimum Gasteiger partial charge on any atom is -0.330 e. The lowest BCUT2D eigenvalue weighted by molar-refractivity contribution is 0.323. The van der Waals surface area contributed by atoms with Gasteiger partial charge in [0.2, 0.25) is 0 Å². The van der Waals surface area contributed by atoms with E-state index >= 15 is 0 Å². The van der Waals surface area contributed by atoms with Gasteiger partial charge in [-0.1, -0.05) is 0 Å². The maximum absolute atomic E-state index is 10.7. The molecule has 6 N–H and O–H groups in total. The van der Waals surface area contributed by atoms with Gasteiger partial charge in [0.1, 0.15) is 5.28 Å². The van der Waals surface area contributed by atoms with Crippen LogP contribution in [-0.2, 0) is 4.57 Å². The zero-order valence-electron chi connectivity index (χ0n) is 6.53. The van der Waals surface area contributed by atoms with E-state index in [-0.39, 0.29) is 6.42 Å². The molecule has 0 radical (unpaired) electrons. The van der Waals surface area contributed by atoms with Gasteiger partial charge in [-0.25, -0.2) is 0 Å². The molecule has 11 heavy (non-hydrogen) atoms. The average molecular weight is 182 g/mol. The van der Waals surface area contributed by atoms with Crippen LogP contribution in [0.5, 0.6) is 0 Å². The first-order valence-electron chi connectivity index (χ1n) is 3.36. The molecule has 1 atom stereocenters. The Morgan fingerprint density at radius 2 is 2.00 bits per heavy atom. The Labute approximate surface area is 65.9 Å². The molecule has 0 aromatic heterocycles. The Kier molecular flexibility index (Phi) is 3.67. The summed E-state index contributed by atoms with van der Waals surface area (Å²) in [5.41, 5.74) is 10.5. The van der Waals surface area contributed by atoms with Gasteiger partial charge in [-0.3, -0.25) is 4.57 Å². The minimum absolute atomic E-state index is 0.244. The van der Waals surface area contributed by atoms with Crippen molar-refractivity contribution in [2.24, 2.45) is 11.5 Å². The lowest BCUT2D eigenvalue weighted by Crippen LogP contribution is -2.36. The zero-order valence-corrected chi connectivity index (χ0v) is 7.42. The first kappa shape index (κ1) is 11.1. The van der Waals surface area contributed by atoms with Gasteiger partial charge in [0.25, 0.3) is 0 Å². The highest BCUT2D eigenvalue weighted by atomic mass is 31.2. The summed E-state index contributed by atoms with van der Waals surface area (Å²) in [6.45, 7) is 1.73. The van der Waals surface area contributed by atoms with E-state index in [9.17, 15) is 4.57 Å². The van der Waals surface area contributed by atoms with Gasteiger partial charge in [-0.05, 0) is 26.3 Å². The fourth-order valence-corrected chi connectivity index (χ4v) is 1.06. The number of nitrogens with two attached hydrogens (primary N) is 2. The van der Waals surface area contributed by atoms with E-state index in [0.717, 1.165) is 0 Å². The lowest BCUT2D eigenvalue weighted by atomic mass is 10.2. The van der Waals surface area contributed by atoms with E-state index in [1.807, 2.05) is 0 Å². The summed E-state index contributed by atoms with van der Waals surface area (Å²) in [6, 6.07) is 0. The van der Waals surface area contributed by atoms with Gasteiger partial charge in [0.15, 0.2) is 0 Å². The van der Waals surface area contributed by atoms with Crippen LogP contribution in [0.3, 0.4) is 0 Å². The topological polar surface area (TPSA) is 110 Å². The van der Waals surface area contributed by atoms with Crippen molar-refractivity contribution in [1.82, 2.24) is 0 Å². The molecule has 0 heterocycles. The van der Waals surface area contributed by atoms with Crippen LogP contribution < -0.4 is 11.5 Å². The van der Waals surface area contributed by atoms with E-state index in [1.54, 1.807) is 0 Å². The van der Waals surface area contributed by atoms with E-state index in [0.29, 0.717) is 13.0 Å². The summed E-state index contributed by atoms with van der Waals surface area (Å²) in [6.07, 6.45) is 0.770. The van der Waals surface area contributed by atoms with E-state index in [1.165, 1.54) is 6.92 Å². The molecule has 0 spiro atoms. The second-order valence-corrected chi connectivity index (χ2v) is 4.90. The van der Waals surface area contributed by atoms with Crippen molar-refractivity contribution in [3.63, 3.8) is 0 Å². The third-order valence-electron chi connectivity index (χ3n) is 1.55. The molecular formula is C5H15N2O3P. The summed E-state index contributed by atoms with van der Waals surface area (Å²) < 4.78 is 10.7. The predicted molar refractivity (Wildman–Crippen MR) is 42.9 cm³/mol. The van der Waals surface area contributed by atoms with Crippen molar-refractivity contribution in [1.29, 1.82) is 0 Å². The van der Waals surface area contributed by atoms with E-state index in [2.05, 4.69) is 0 Å². The minimum atomic E-state index is -4.18. The van der Waals surface area contributed by atoms with Crippen LogP contribution in [0, 0.1) is 0 Å². The molecule has 0 aliphatic carbocycles. The van der Waals surface area contributed by atoms with Crippen LogP contribution >= 0.6 is 7.60 Å². The van der Waals surface area contributed by atoms with Crippen molar-refractivity contribution in [3.8, 4) is 0 Å². The molecule has 0 amide bonds. The largest absolute Gasteiger partial charge is 0.344 e. The predicted octanol–water partition coefficient (Wildman–Crippen LogP) is -0.422. The molecule has 0 saturated carbocycles. The van der Waals surface area contributed by atoms with Crippen molar-refractivity contribution < 1.29 is 14.4 Å². The van der Waals surface area contributed by atoms with Crippen molar-refractivity contribution in [3.05, 3.63) is 0 Å². The first-order valence-corrected chi connectivity index (χ1v) is 4.97. The molecule has 0 aliphatic heterocycles. The Morgan fingerprint density at radius 1 is 1.55 bits per heavy atom. The highest BCUT2D eigenvalue weighted by Gasteiger charge is 2.37. The lowest BCUT2D eigenvalue weighted by Gasteiger charge is -2.24. The van der Waals surface area contributed by atoms with Crippen LogP contribution in [0.25, 0.3) is 0 Å². The molecular weight excluding hydrogens is 167 g/mol. The maximum Gasteiger partial charge on any atom is 0.344 e. The van der Waals surface area contributed by atoms with Crippen LogP contribution in [0.4, 0.5) is 0 Å². The second-order valence-electron chi connectivity index (χ2n) is 2.79. The maximum atomic E-state index is 10.7. The standard InChI is InChI=1S/C5H15N2O3P/c1-5(7,3-2-4-6)11(8,9)10/h2-4,6-7H2,1H3,(H2,8,9,10). The first-order chi connectivity index (χ1) is 4.81. The van der Waals surface area contributed by atoms with E-state index in [4.69, 9.17) is 21.3 Å². The Bertz CT molecular complexity index is 165. The molecule has 0 aliphatic rings. The monoisotopic (exact) mass is 182 g/mol. The van der Waals surface area contributed by atoms with Crippen molar-refractivity contribution in [2.45, 2.75) is 25.0 Å². The summed E-state index contributed by atoms with van der Waals surface area (Å²) in [5.74, 6) is 0. The SMILES string of the molecule is CC(N)(CCCN)P(=O)(O)O. The zero-order chi connectivity index (χ0) is 9.12. The summed E-state index contributed by atoms with van der Waals surface area (Å²) >= 11 is 0. The quantitative estimate of drug-likeness (QED) is 0.441. The molecule has 0 aromatic carbocycles. The van der Waals surface area contributed by atoms with Gasteiger partial charge in [0, 0.05) is 0 Å². The smallest absolute Gasteiger partial charge is 0.330 e. The number of hydrogen-bond donors (Lipinski definition) is 4. The van der Waals surface area contributed by atoms with Crippen molar-refractivity contribution >= 4 is 7.60 Å². The summed E-state index contributed by atoms with van der Waals surface area (Å²) in [5, 5.41) is -1.42. The fraction of sp³-hybridized carbons (Fsp3) is 1.00. The third kappa shape index (κ3) is 3.31. The highest BCUT2D eigenvalue weighted by molar-refractivity contribution is 7.53. The highest BCUT2D eigenvalue weighted by Crippen LogP contribution is 2.48. The number of hydrogen-bond acceptors (Lipinski definition) is 3. The summed E-state index contributed by atoms with van der Waals surface area (Å²) in [4.78, 5) is 17.4. The van der Waals surface area contributed by atoms with Crippen molar-refractivity contribution in [2.75, 3.05) is 6.54 Å². The van der Waals surface area contributed by atoms with E-state index < -0.39 is 12.9 Å². The van der Waals surface area contributed by atoms with Gasteiger partial charge < -0.3 is 21.3 Å². The van der Waals surface area contributed by atoms with Crippen LogP contribution in [0.15, 0.2) is 0 Å². The second kappa shape index (κ2) is 3.65. The fourth-order valence-electron chi connectivity index (χ4n) is 0.606. The Hall–Kier alpha value is 0.0700. The molecule has 5 nitrogen and oxygen atoms in total. The molecule has 1 unspecified atom stereocenters. The third-order valence-corrected chi connectivity index (χ3v) is 3.11. The van der Waals surface area contributed by atoms with Gasteiger partial charge in [-0.2, -0.15) is 0 Å². The molecule has 0 saturated heterocycles. The van der Waals surface area contributed by atoms with Gasteiger partial charge >= 0.3 is 7.60 Å². The average Bonchev–Trinajstić information content (AvgIpc) is 1.81. The van der Waals surface area contributed by atoms with Gasteiger partial charge in [-0.15, -0.1) is 0 Å². The number of rotatable bonds is 4. The van der Waals surface area contributed by atoms with Crippen LogP contribution in [0.2, 0.25) is 0 Å². The molecule has 0 rings (SSSR count). The Morgan fingerprint density at radius 3 is 2.27 bits per heavy atom. The van der Waals surface area contributed by atoms with Crippen LogP contribution in [-0.4, -0.2) is 21.6 Å². The molecule has 0 fully saturated rings. The Balaban J connectivity index is 4.11. The van der Waals surface area contributed by atoms with Gasteiger partial charge in [0.05, 0.1) is 0 Å². The normalized spacial score (nSPS) is 17.9.